The van der Waals surface area contributed by atoms with Gasteiger partial charge in [-0.2, -0.15) is 0 Å². The largest absolute Gasteiger partial charge is 0.459 e. The molecule has 0 saturated carbocycles. The van der Waals surface area contributed by atoms with Gasteiger partial charge in [0.05, 0.1) is 6.54 Å². The van der Waals surface area contributed by atoms with Crippen LogP contribution in [0.5, 0.6) is 0 Å². The molecule has 2 N–H and O–H groups in total. The average molecular weight is 312 g/mol. The first-order valence-electron chi connectivity index (χ1n) is 7.32. The van der Waals surface area contributed by atoms with Crippen molar-refractivity contribution in [1.29, 1.82) is 0 Å². The summed E-state index contributed by atoms with van der Waals surface area (Å²) in [4.78, 5) is 11.9. The summed E-state index contributed by atoms with van der Waals surface area (Å²) in [7, 11) is 0. The number of aryl methyl sites for hydroxylation is 2. The monoisotopic (exact) mass is 312 g/mol. The Bertz CT molecular complexity index is 853. The van der Waals surface area contributed by atoms with Crippen LogP contribution in [0.25, 0.3) is 11.0 Å². The molecule has 5 heteroatoms. The van der Waals surface area contributed by atoms with Gasteiger partial charge in [-0.05, 0) is 44.2 Å². The number of nitrogens with one attached hydrogen (secondary N) is 2. The van der Waals surface area contributed by atoms with Gasteiger partial charge in [0.2, 0.25) is 0 Å². The zero-order chi connectivity index (χ0) is 16.4. The fraction of sp³-hybridized carbons (Fsp3) is 0.167. The van der Waals surface area contributed by atoms with Gasteiger partial charge in [-0.15, -0.1) is 0 Å². The maximum absolute atomic E-state index is 13.3. The molecular formula is C18H17FN2O2. The lowest BCUT2D eigenvalue weighted by Crippen LogP contribution is -2.28. The van der Waals surface area contributed by atoms with Gasteiger partial charge in [0.15, 0.2) is 0 Å². The van der Waals surface area contributed by atoms with Crippen LogP contribution in [0.1, 0.15) is 16.9 Å². The van der Waals surface area contributed by atoms with Crippen molar-refractivity contribution in [3.8, 4) is 0 Å². The fourth-order valence-corrected chi connectivity index (χ4v) is 2.39. The maximum Gasteiger partial charge on any atom is 0.319 e. The van der Waals surface area contributed by atoms with E-state index in [1.54, 1.807) is 6.07 Å². The summed E-state index contributed by atoms with van der Waals surface area (Å²) in [5.74, 6) is 0.308. The van der Waals surface area contributed by atoms with Crippen molar-refractivity contribution in [2.45, 2.75) is 20.4 Å². The molecule has 0 atom stereocenters. The third kappa shape index (κ3) is 3.34. The number of carbonyl (C=O) groups is 1. The van der Waals surface area contributed by atoms with Crippen molar-refractivity contribution < 1.29 is 13.6 Å². The zero-order valence-corrected chi connectivity index (χ0v) is 12.9. The second kappa shape index (κ2) is 6.12. The number of rotatable bonds is 3. The molecule has 0 unspecified atom stereocenters. The Labute approximate surface area is 133 Å². The van der Waals surface area contributed by atoms with Gasteiger partial charge in [0, 0.05) is 16.6 Å². The van der Waals surface area contributed by atoms with E-state index in [-0.39, 0.29) is 18.4 Å². The summed E-state index contributed by atoms with van der Waals surface area (Å²) in [6.07, 6.45) is 0. The van der Waals surface area contributed by atoms with Crippen LogP contribution in [0.4, 0.5) is 14.9 Å². The van der Waals surface area contributed by atoms with Crippen molar-refractivity contribution in [1.82, 2.24) is 5.32 Å². The quantitative estimate of drug-likeness (QED) is 0.747. The fourth-order valence-electron chi connectivity index (χ4n) is 2.39. The number of hydrogen-bond donors (Lipinski definition) is 2. The molecule has 0 saturated heterocycles. The minimum absolute atomic E-state index is 0.236. The maximum atomic E-state index is 13.3. The highest BCUT2D eigenvalue weighted by Crippen LogP contribution is 2.25. The van der Waals surface area contributed by atoms with E-state index < -0.39 is 0 Å². The summed E-state index contributed by atoms with van der Waals surface area (Å²) >= 11 is 0. The molecule has 118 valence electrons. The average Bonchev–Trinajstić information content (AvgIpc) is 2.84. The highest BCUT2D eigenvalue weighted by atomic mass is 19.1. The van der Waals surface area contributed by atoms with E-state index in [0.29, 0.717) is 11.3 Å². The normalized spacial score (nSPS) is 10.7. The predicted octanol–water partition coefficient (Wildman–Crippen LogP) is 4.51. The van der Waals surface area contributed by atoms with Gasteiger partial charge in [0.1, 0.15) is 17.2 Å². The van der Waals surface area contributed by atoms with Gasteiger partial charge in [-0.3, -0.25) is 0 Å². The van der Waals surface area contributed by atoms with Gasteiger partial charge in [0.25, 0.3) is 0 Å². The third-order valence-corrected chi connectivity index (χ3v) is 3.72. The molecule has 0 fully saturated rings. The first kappa shape index (κ1) is 15.1. The molecule has 1 aromatic heterocycles. The predicted molar refractivity (Wildman–Crippen MR) is 87.9 cm³/mol. The van der Waals surface area contributed by atoms with E-state index in [0.717, 1.165) is 22.2 Å². The van der Waals surface area contributed by atoms with Crippen LogP contribution in [0, 0.1) is 19.7 Å². The number of urea groups is 1. The van der Waals surface area contributed by atoms with Crippen molar-refractivity contribution in [3.63, 3.8) is 0 Å². The van der Waals surface area contributed by atoms with E-state index in [1.165, 1.54) is 12.1 Å². The van der Waals surface area contributed by atoms with Crippen LogP contribution in [-0.2, 0) is 6.54 Å². The second-order valence-electron chi connectivity index (χ2n) is 5.46. The molecule has 2 amide bonds. The van der Waals surface area contributed by atoms with Gasteiger partial charge in [-0.25, -0.2) is 9.18 Å². The number of fused-ring (bicyclic) bond motifs is 1. The van der Waals surface area contributed by atoms with E-state index >= 15 is 0 Å². The van der Waals surface area contributed by atoms with Crippen molar-refractivity contribution in [2.24, 2.45) is 0 Å². The lowest BCUT2D eigenvalue weighted by atomic mass is 10.1. The van der Waals surface area contributed by atoms with Gasteiger partial charge in [-0.1, -0.05) is 17.7 Å². The van der Waals surface area contributed by atoms with Crippen molar-refractivity contribution in [3.05, 3.63) is 65.2 Å². The first-order valence-corrected chi connectivity index (χ1v) is 7.32. The Morgan fingerprint density at radius 1 is 1.13 bits per heavy atom. The molecule has 2 aromatic carbocycles. The molecule has 23 heavy (non-hydrogen) atoms. The minimum Gasteiger partial charge on any atom is -0.459 e. The van der Waals surface area contributed by atoms with Crippen LogP contribution in [0.3, 0.4) is 0 Å². The van der Waals surface area contributed by atoms with Gasteiger partial charge >= 0.3 is 6.03 Å². The van der Waals surface area contributed by atoms with Crippen LogP contribution in [0.2, 0.25) is 0 Å². The Balaban J connectivity index is 1.67. The number of amides is 2. The highest BCUT2D eigenvalue weighted by Gasteiger charge is 2.12. The minimum atomic E-state index is -0.320. The van der Waals surface area contributed by atoms with E-state index in [1.807, 2.05) is 38.1 Å². The van der Waals surface area contributed by atoms with Gasteiger partial charge < -0.3 is 15.1 Å². The van der Waals surface area contributed by atoms with Crippen molar-refractivity contribution >= 4 is 22.7 Å². The summed E-state index contributed by atoms with van der Waals surface area (Å²) in [5.41, 5.74) is 3.28. The molecule has 1 heterocycles. The van der Waals surface area contributed by atoms with E-state index in [2.05, 4.69) is 10.6 Å². The molecule has 0 aliphatic carbocycles. The highest BCUT2D eigenvalue weighted by molar-refractivity contribution is 5.89. The molecule has 3 aromatic rings. The Hall–Kier alpha value is -2.82. The molecule has 4 nitrogen and oxygen atoms in total. The Morgan fingerprint density at radius 3 is 2.61 bits per heavy atom. The zero-order valence-electron chi connectivity index (χ0n) is 12.9. The molecule has 0 spiro atoms. The van der Waals surface area contributed by atoms with E-state index in [4.69, 9.17) is 4.42 Å². The van der Waals surface area contributed by atoms with Crippen LogP contribution in [-0.4, -0.2) is 6.03 Å². The Morgan fingerprint density at radius 2 is 1.87 bits per heavy atom. The number of halogens is 1. The summed E-state index contributed by atoms with van der Waals surface area (Å²) in [5, 5.41) is 6.21. The number of carbonyl (C=O) groups excluding carboxylic acids is 1. The van der Waals surface area contributed by atoms with Crippen LogP contribution >= 0.6 is 0 Å². The summed E-state index contributed by atoms with van der Waals surface area (Å²) in [6.45, 7) is 4.07. The topological polar surface area (TPSA) is 54.3 Å². The standard InChI is InChI=1S/C18H17FN2O2/c1-11-3-6-14(7-4-11)21-18(22)20-10-17-12(2)15-9-13(19)5-8-16(15)23-17/h3-9H,10H2,1-2H3,(H2,20,21,22). The molecule has 0 aliphatic heterocycles. The lowest BCUT2D eigenvalue weighted by Gasteiger charge is -2.07. The smallest absolute Gasteiger partial charge is 0.319 e. The molecule has 0 radical (unpaired) electrons. The molecule has 0 bridgehead atoms. The Kier molecular flexibility index (Phi) is 4.02. The van der Waals surface area contributed by atoms with Crippen molar-refractivity contribution in [2.75, 3.05) is 5.32 Å². The first-order chi connectivity index (χ1) is 11.0. The number of anilines is 1. The number of benzene rings is 2. The molecule has 0 aliphatic rings. The molecular weight excluding hydrogens is 295 g/mol. The number of hydrogen-bond acceptors (Lipinski definition) is 2. The summed E-state index contributed by atoms with van der Waals surface area (Å²) < 4.78 is 19.0. The SMILES string of the molecule is Cc1ccc(NC(=O)NCc2oc3ccc(F)cc3c2C)cc1. The summed E-state index contributed by atoms with van der Waals surface area (Å²) in [6, 6.07) is 11.6. The lowest BCUT2D eigenvalue weighted by molar-refractivity contribution is 0.251. The number of furan rings is 1. The molecule has 3 rings (SSSR count). The second-order valence-corrected chi connectivity index (χ2v) is 5.46. The van der Waals surface area contributed by atoms with Crippen LogP contribution < -0.4 is 10.6 Å². The third-order valence-electron chi connectivity index (χ3n) is 3.72. The van der Waals surface area contributed by atoms with E-state index in [9.17, 15) is 9.18 Å². The van der Waals surface area contributed by atoms with Crippen LogP contribution in [0.15, 0.2) is 46.9 Å².